The number of carbonyl (C=O) groups is 2. The van der Waals surface area contributed by atoms with Gasteiger partial charge in [0.05, 0.1) is 11.8 Å². The summed E-state index contributed by atoms with van der Waals surface area (Å²) in [5, 5.41) is 4.09. The minimum absolute atomic E-state index is 0.0875. The molecule has 0 fully saturated rings. The summed E-state index contributed by atoms with van der Waals surface area (Å²) >= 11 is 0. The van der Waals surface area contributed by atoms with E-state index in [1.165, 1.54) is 0 Å². The lowest BCUT2D eigenvalue weighted by Crippen LogP contribution is -2.43. The third-order valence-electron chi connectivity index (χ3n) is 20.1. The van der Waals surface area contributed by atoms with Crippen molar-refractivity contribution in [2.24, 2.45) is 0 Å². The van der Waals surface area contributed by atoms with Gasteiger partial charge >= 0.3 is 0 Å². The highest BCUT2D eigenvalue weighted by molar-refractivity contribution is 6.92. The third-order valence-corrected chi connectivity index (χ3v) is 45.2. The molecule has 2 atom stereocenters. The molecule has 0 aliphatic heterocycles. The van der Waals surface area contributed by atoms with E-state index in [4.69, 9.17) is 0 Å². The summed E-state index contributed by atoms with van der Waals surface area (Å²) in [6.07, 6.45) is 7.58. The molecule has 4 aromatic carbocycles. The SMILES string of the molecule is CC(C)[Si](C#Cc1c2c(c(C#C[Si](C(C)C)(C(C)C)C(C)C)c3ccccc13)C(C1C(=O)C=Cc3c1c(C#C[Si](C(C)C)(C(C)C)C(C)C)c1ccccc1c3C#C[Si](C(C)C)(C(C)C)C(C)C)C(=O)C=C2)(C(C)C)C(C)C. The average molecular weight is 1110 g/mol. The number of benzene rings is 4. The molecule has 6 rings (SSSR count). The zero-order valence-electron chi connectivity index (χ0n) is 52.8. The quantitative estimate of drug-likeness (QED) is 0.0988. The Morgan fingerprint density at radius 2 is 0.487 bits per heavy atom. The van der Waals surface area contributed by atoms with Crippen LogP contribution < -0.4 is 0 Å². The molecule has 0 saturated heterocycles. The van der Waals surface area contributed by atoms with E-state index >= 15 is 9.59 Å². The number of fused-ring (bicyclic) bond motifs is 4. The number of hydrogen-bond acceptors (Lipinski definition) is 2. The molecule has 2 aliphatic rings. The second-order valence-electron chi connectivity index (χ2n) is 27.3. The third kappa shape index (κ3) is 10.5. The van der Waals surface area contributed by atoms with Crippen LogP contribution in [0.1, 0.15) is 223 Å². The number of carbonyl (C=O) groups excluding carboxylic acids is 2. The smallest absolute Gasteiger partial charge is 0.164 e. The molecule has 0 heterocycles. The molecule has 0 spiro atoms. The first-order valence-electron chi connectivity index (χ1n) is 30.2. The van der Waals surface area contributed by atoms with E-state index in [2.05, 4.69) is 261 Å². The summed E-state index contributed by atoms with van der Waals surface area (Å²) in [5.74, 6) is 14.0. The van der Waals surface area contributed by atoms with E-state index in [-0.39, 0.29) is 11.6 Å². The van der Waals surface area contributed by atoms with E-state index in [0.29, 0.717) is 66.5 Å². The van der Waals surface area contributed by atoms with E-state index in [1.807, 2.05) is 12.2 Å². The molecular weight excluding hydrogens is 1010 g/mol. The molecule has 0 saturated carbocycles. The van der Waals surface area contributed by atoms with Crippen molar-refractivity contribution in [3.8, 4) is 45.9 Å². The van der Waals surface area contributed by atoms with Gasteiger partial charge in [-0.1, -0.05) is 238 Å². The van der Waals surface area contributed by atoms with Gasteiger partial charge in [-0.15, -0.1) is 22.2 Å². The summed E-state index contributed by atoms with van der Waals surface area (Å²) in [6, 6.07) is 17.3. The van der Waals surface area contributed by atoms with Crippen LogP contribution in [0, 0.1) is 45.9 Å². The van der Waals surface area contributed by atoms with Crippen LogP contribution in [0.5, 0.6) is 0 Å². The van der Waals surface area contributed by atoms with Crippen molar-refractivity contribution in [2.75, 3.05) is 0 Å². The van der Waals surface area contributed by atoms with Crippen molar-refractivity contribution < 1.29 is 9.59 Å². The van der Waals surface area contributed by atoms with Gasteiger partial charge in [-0.05, 0) is 135 Å². The van der Waals surface area contributed by atoms with Crippen LogP contribution in [0.15, 0.2) is 60.7 Å². The van der Waals surface area contributed by atoms with Crippen LogP contribution in [0.3, 0.4) is 0 Å². The van der Waals surface area contributed by atoms with Crippen molar-refractivity contribution in [3.05, 3.63) is 105 Å². The van der Waals surface area contributed by atoms with Crippen molar-refractivity contribution in [1.82, 2.24) is 0 Å². The summed E-state index contributed by atoms with van der Waals surface area (Å²) in [4.78, 5) is 31.7. The second kappa shape index (κ2) is 24.2. The van der Waals surface area contributed by atoms with E-state index < -0.39 is 44.1 Å². The molecule has 2 unspecified atom stereocenters. The number of allylic oxidation sites excluding steroid dienone is 2. The van der Waals surface area contributed by atoms with Crippen LogP contribution in [0.4, 0.5) is 0 Å². The largest absolute Gasteiger partial charge is 0.294 e. The number of ketones is 2. The second-order valence-corrected chi connectivity index (χ2v) is 49.6. The maximum Gasteiger partial charge on any atom is 0.164 e. The number of rotatable bonds is 13. The average Bonchev–Trinajstić information content (AvgIpc) is 3.55. The monoisotopic (exact) mass is 1110 g/mol. The predicted molar refractivity (Wildman–Crippen MR) is 353 cm³/mol. The molecule has 0 bridgehead atoms. The molecule has 2 aliphatic carbocycles. The molecule has 0 N–H and O–H groups in total. The fourth-order valence-corrected chi connectivity index (χ4v) is 37.2. The predicted octanol–water partition coefficient (Wildman–Crippen LogP) is 20.3. The fraction of sp³-hybridized carbons (Fsp3) is 0.528. The van der Waals surface area contributed by atoms with Gasteiger partial charge in [-0.25, -0.2) is 0 Å². The number of hydrogen-bond donors (Lipinski definition) is 0. The lowest BCUT2D eigenvalue weighted by molar-refractivity contribution is -0.122. The van der Waals surface area contributed by atoms with E-state index in [1.54, 1.807) is 12.2 Å². The molecular formula is C72H98O2Si4. The first-order chi connectivity index (χ1) is 36.5. The van der Waals surface area contributed by atoms with Crippen LogP contribution in [-0.4, -0.2) is 43.9 Å². The molecule has 0 amide bonds. The van der Waals surface area contributed by atoms with Gasteiger partial charge in [-0.3, -0.25) is 9.59 Å². The standard InChI is InChI=1S/C72H98O2Si4/c1-45(2)75(46(3)4,47(5)6)41-37-61-57-29-25-27-31-59(57)65(39-43-77(51(13)14,52(15)16)53(17)18)69-63(61)33-35-67(73)71(69)72-68(74)36-34-64-62(38-42-76(48(7)8,49(9)10)50(11)12)58-30-26-28-32-60(58)66(70(64)72)40-44-78(54(19)20,55(21)22)56(23)24/h25-36,45-56,71-72H,1-24H3. The molecule has 4 aromatic rings. The van der Waals surface area contributed by atoms with Crippen molar-refractivity contribution in [1.29, 1.82) is 0 Å². The summed E-state index contributed by atoms with van der Waals surface area (Å²) in [6.45, 7) is 56.7. The molecule has 0 aromatic heterocycles. The minimum Gasteiger partial charge on any atom is -0.294 e. The minimum atomic E-state index is -2.33. The van der Waals surface area contributed by atoms with Crippen molar-refractivity contribution in [3.63, 3.8) is 0 Å². The molecule has 2 nitrogen and oxygen atoms in total. The van der Waals surface area contributed by atoms with Gasteiger partial charge < -0.3 is 0 Å². The van der Waals surface area contributed by atoms with Gasteiger partial charge in [0.1, 0.15) is 32.3 Å². The summed E-state index contributed by atoms with van der Waals surface area (Å²) < 4.78 is 0. The molecule has 0 radical (unpaired) electrons. The molecule has 78 heavy (non-hydrogen) atoms. The Morgan fingerprint density at radius 1 is 0.295 bits per heavy atom. The lowest BCUT2D eigenvalue weighted by atomic mass is 9.66. The van der Waals surface area contributed by atoms with Gasteiger partial charge in [-0.2, -0.15) is 0 Å². The fourth-order valence-electron chi connectivity index (χ4n) is 16.4. The highest BCUT2D eigenvalue weighted by Gasteiger charge is 2.48. The summed E-state index contributed by atoms with van der Waals surface area (Å²) in [5.41, 5.74) is 28.5. The Labute approximate surface area is 479 Å². The highest BCUT2D eigenvalue weighted by Crippen LogP contribution is 2.52. The van der Waals surface area contributed by atoms with Crippen LogP contribution in [-0.2, 0) is 9.59 Å². The van der Waals surface area contributed by atoms with Gasteiger partial charge in [0.25, 0.3) is 0 Å². The topological polar surface area (TPSA) is 34.1 Å². The Hall–Kier alpha value is -4.67. The van der Waals surface area contributed by atoms with E-state index in [9.17, 15) is 0 Å². The van der Waals surface area contributed by atoms with Crippen LogP contribution >= 0.6 is 0 Å². The normalized spacial score (nSPS) is 16.1. The van der Waals surface area contributed by atoms with E-state index in [0.717, 1.165) is 66.1 Å². The Bertz CT molecular complexity index is 2960. The summed E-state index contributed by atoms with van der Waals surface area (Å²) in [7, 11) is -9.15. The van der Waals surface area contributed by atoms with Crippen molar-refractivity contribution >= 4 is 77.6 Å². The first kappa shape index (κ1) is 62.5. The Morgan fingerprint density at radius 3 is 0.692 bits per heavy atom. The highest BCUT2D eigenvalue weighted by atomic mass is 28.3. The van der Waals surface area contributed by atoms with Crippen molar-refractivity contribution in [2.45, 2.75) is 244 Å². The molecule has 414 valence electrons. The molecule has 6 heteroatoms. The first-order valence-corrected chi connectivity index (χ1v) is 39.1. The zero-order valence-corrected chi connectivity index (χ0v) is 56.8. The lowest BCUT2D eigenvalue weighted by Gasteiger charge is -2.38. The Balaban J connectivity index is 1.94. The zero-order chi connectivity index (χ0) is 58.3. The van der Waals surface area contributed by atoms with Gasteiger partial charge in [0.2, 0.25) is 0 Å². The maximum absolute atomic E-state index is 15.9. The Kier molecular flexibility index (Phi) is 19.4. The maximum atomic E-state index is 15.9. The van der Waals surface area contributed by atoms with Crippen LogP contribution in [0.25, 0.3) is 33.7 Å². The van der Waals surface area contributed by atoms with Gasteiger partial charge in [0, 0.05) is 22.3 Å². The van der Waals surface area contributed by atoms with Gasteiger partial charge in [0.15, 0.2) is 11.6 Å². The van der Waals surface area contributed by atoms with Crippen LogP contribution in [0.2, 0.25) is 66.5 Å².